The van der Waals surface area contributed by atoms with Crippen LogP contribution >= 0.6 is 0 Å². The van der Waals surface area contributed by atoms with E-state index in [2.05, 4.69) is 32.1 Å². The predicted molar refractivity (Wildman–Crippen MR) is 71.4 cm³/mol. The summed E-state index contributed by atoms with van der Waals surface area (Å²) in [4.78, 5) is 0. The van der Waals surface area contributed by atoms with Crippen molar-refractivity contribution in [3.63, 3.8) is 0 Å². The van der Waals surface area contributed by atoms with Crippen molar-refractivity contribution in [3.8, 4) is 0 Å². The fourth-order valence-corrected chi connectivity index (χ4v) is 3.22. The molecule has 1 atom stereocenters. The van der Waals surface area contributed by atoms with Crippen molar-refractivity contribution in [2.75, 3.05) is 0 Å². The molecule has 0 nitrogen and oxygen atoms in total. The van der Waals surface area contributed by atoms with Gasteiger partial charge in [0.2, 0.25) is 0 Å². The summed E-state index contributed by atoms with van der Waals surface area (Å²) in [7, 11) is 0. The fraction of sp³-hybridized carbons (Fsp3) is 0.750. The van der Waals surface area contributed by atoms with E-state index in [9.17, 15) is 0 Å². The van der Waals surface area contributed by atoms with E-state index < -0.39 is 0 Å². The van der Waals surface area contributed by atoms with Crippen LogP contribution in [0.4, 0.5) is 0 Å². The van der Waals surface area contributed by atoms with Gasteiger partial charge in [-0.25, -0.2) is 0 Å². The molecule has 2 aliphatic carbocycles. The average Bonchev–Trinajstić information content (AvgIpc) is 2.30. The van der Waals surface area contributed by atoms with E-state index in [1.54, 1.807) is 5.57 Å². The van der Waals surface area contributed by atoms with Gasteiger partial charge in [-0.15, -0.1) is 0 Å². The molecule has 1 fully saturated rings. The second-order valence-corrected chi connectivity index (χ2v) is 6.09. The molecule has 0 radical (unpaired) electrons. The average molecular weight is 218 g/mol. The zero-order chi connectivity index (χ0) is 11.4. The first-order chi connectivity index (χ1) is 7.72. The smallest absolute Gasteiger partial charge is 0.0198 e. The Morgan fingerprint density at radius 2 is 2.00 bits per heavy atom. The van der Waals surface area contributed by atoms with Gasteiger partial charge in [0.25, 0.3) is 0 Å². The molecule has 0 spiro atoms. The van der Waals surface area contributed by atoms with Crippen molar-refractivity contribution in [1.82, 2.24) is 0 Å². The Bertz CT molecular complexity index is 276. The summed E-state index contributed by atoms with van der Waals surface area (Å²) in [5.74, 6) is 0.808. The van der Waals surface area contributed by atoms with Gasteiger partial charge in [0.1, 0.15) is 0 Å². The van der Waals surface area contributed by atoms with E-state index in [-0.39, 0.29) is 0 Å². The van der Waals surface area contributed by atoms with Crippen LogP contribution in [0.1, 0.15) is 65.2 Å². The largest absolute Gasteiger partial charge is 0.0809 e. The Kier molecular flexibility index (Phi) is 3.89. The molecule has 0 aliphatic heterocycles. The Hall–Kier alpha value is -0.520. The molecular weight excluding hydrogens is 192 g/mol. The summed E-state index contributed by atoms with van der Waals surface area (Å²) < 4.78 is 0. The topological polar surface area (TPSA) is 0 Å². The SMILES string of the molecule is CCC1C=CC(CC2(C)CCCCC2)=CC1. The van der Waals surface area contributed by atoms with Gasteiger partial charge < -0.3 is 0 Å². The second kappa shape index (κ2) is 5.21. The molecule has 90 valence electrons. The maximum atomic E-state index is 2.49. The van der Waals surface area contributed by atoms with Gasteiger partial charge in [-0.2, -0.15) is 0 Å². The number of rotatable bonds is 3. The summed E-state index contributed by atoms with van der Waals surface area (Å²) in [5, 5.41) is 0. The normalized spacial score (nSPS) is 28.9. The molecule has 0 amide bonds. The van der Waals surface area contributed by atoms with Crippen molar-refractivity contribution in [2.45, 2.75) is 65.2 Å². The zero-order valence-electron chi connectivity index (χ0n) is 11.0. The van der Waals surface area contributed by atoms with E-state index in [0.29, 0.717) is 5.41 Å². The van der Waals surface area contributed by atoms with Gasteiger partial charge in [-0.1, -0.05) is 56.9 Å². The lowest BCUT2D eigenvalue weighted by atomic mass is 9.71. The van der Waals surface area contributed by atoms with E-state index in [1.807, 2.05) is 0 Å². The molecule has 0 N–H and O–H groups in total. The third kappa shape index (κ3) is 2.99. The van der Waals surface area contributed by atoms with Crippen molar-refractivity contribution < 1.29 is 0 Å². The van der Waals surface area contributed by atoms with E-state index in [0.717, 1.165) is 5.92 Å². The van der Waals surface area contributed by atoms with E-state index >= 15 is 0 Å². The van der Waals surface area contributed by atoms with Gasteiger partial charge in [0.05, 0.1) is 0 Å². The van der Waals surface area contributed by atoms with E-state index in [1.165, 1.54) is 51.4 Å². The van der Waals surface area contributed by atoms with Crippen molar-refractivity contribution in [3.05, 3.63) is 23.8 Å². The molecule has 0 aromatic heterocycles. The van der Waals surface area contributed by atoms with Gasteiger partial charge in [-0.05, 0) is 43.4 Å². The molecule has 0 heterocycles. The molecule has 0 heteroatoms. The van der Waals surface area contributed by atoms with Crippen LogP contribution in [0.3, 0.4) is 0 Å². The summed E-state index contributed by atoms with van der Waals surface area (Å²) in [6, 6.07) is 0. The highest BCUT2D eigenvalue weighted by molar-refractivity contribution is 5.25. The third-order valence-electron chi connectivity index (χ3n) is 4.48. The zero-order valence-corrected chi connectivity index (χ0v) is 11.0. The van der Waals surface area contributed by atoms with Crippen LogP contribution in [0.2, 0.25) is 0 Å². The maximum absolute atomic E-state index is 2.49. The Labute approximate surface area is 101 Å². The van der Waals surface area contributed by atoms with Gasteiger partial charge in [-0.3, -0.25) is 0 Å². The number of hydrogen-bond acceptors (Lipinski definition) is 0. The van der Waals surface area contributed by atoms with Crippen molar-refractivity contribution in [2.24, 2.45) is 11.3 Å². The summed E-state index contributed by atoms with van der Waals surface area (Å²) >= 11 is 0. The standard InChI is InChI=1S/C16H26/c1-3-14-7-9-15(10-8-14)13-16(2)11-5-4-6-12-16/h7,9-10,14H,3-6,8,11-13H2,1-2H3. The van der Waals surface area contributed by atoms with Crippen molar-refractivity contribution >= 4 is 0 Å². The molecule has 1 saturated carbocycles. The molecule has 0 saturated heterocycles. The lowest BCUT2D eigenvalue weighted by Gasteiger charge is -2.34. The van der Waals surface area contributed by atoms with Crippen LogP contribution in [-0.2, 0) is 0 Å². The van der Waals surface area contributed by atoms with E-state index in [4.69, 9.17) is 0 Å². The fourth-order valence-electron chi connectivity index (χ4n) is 3.22. The highest BCUT2D eigenvalue weighted by Gasteiger charge is 2.27. The summed E-state index contributed by atoms with van der Waals surface area (Å²) in [5.41, 5.74) is 2.21. The van der Waals surface area contributed by atoms with Crippen LogP contribution < -0.4 is 0 Å². The van der Waals surface area contributed by atoms with Crippen LogP contribution in [0, 0.1) is 11.3 Å². The maximum Gasteiger partial charge on any atom is -0.0198 e. The summed E-state index contributed by atoms with van der Waals surface area (Å²) in [6.07, 6.45) is 18.5. The summed E-state index contributed by atoms with van der Waals surface area (Å²) in [6.45, 7) is 4.78. The van der Waals surface area contributed by atoms with Gasteiger partial charge >= 0.3 is 0 Å². The molecule has 1 unspecified atom stereocenters. The number of hydrogen-bond donors (Lipinski definition) is 0. The lowest BCUT2D eigenvalue weighted by molar-refractivity contribution is 0.215. The van der Waals surface area contributed by atoms with Crippen LogP contribution in [0.15, 0.2) is 23.8 Å². The van der Waals surface area contributed by atoms with Crippen molar-refractivity contribution in [1.29, 1.82) is 0 Å². The highest BCUT2D eigenvalue weighted by Crippen LogP contribution is 2.41. The van der Waals surface area contributed by atoms with Crippen LogP contribution in [0.25, 0.3) is 0 Å². The Morgan fingerprint density at radius 3 is 2.56 bits per heavy atom. The molecule has 2 aliphatic rings. The molecule has 0 aromatic rings. The predicted octanol–water partition coefficient (Wildman–Crippen LogP) is 5.26. The highest BCUT2D eigenvalue weighted by atomic mass is 14.3. The van der Waals surface area contributed by atoms with Crippen LogP contribution in [-0.4, -0.2) is 0 Å². The Morgan fingerprint density at radius 1 is 1.25 bits per heavy atom. The second-order valence-electron chi connectivity index (χ2n) is 6.09. The molecule has 2 rings (SSSR count). The third-order valence-corrected chi connectivity index (χ3v) is 4.48. The molecule has 0 aromatic carbocycles. The number of allylic oxidation sites excluding steroid dienone is 4. The van der Waals surface area contributed by atoms with Gasteiger partial charge in [0, 0.05) is 0 Å². The minimum absolute atomic E-state index is 0.605. The monoisotopic (exact) mass is 218 g/mol. The molecule has 0 bridgehead atoms. The first-order valence-electron chi connectivity index (χ1n) is 7.09. The molecular formula is C16H26. The quantitative estimate of drug-likeness (QED) is 0.606. The van der Waals surface area contributed by atoms with Gasteiger partial charge in [0.15, 0.2) is 0 Å². The lowest BCUT2D eigenvalue weighted by Crippen LogP contribution is -2.20. The minimum atomic E-state index is 0.605. The van der Waals surface area contributed by atoms with Crippen LogP contribution in [0.5, 0.6) is 0 Å². The first kappa shape index (κ1) is 12.0. The first-order valence-corrected chi connectivity index (χ1v) is 7.09. The Balaban J connectivity index is 1.90. The minimum Gasteiger partial charge on any atom is -0.0809 e. The molecule has 16 heavy (non-hydrogen) atoms.